The number of hydrogen-bond acceptors (Lipinski definition) is 5. The van der Waals surface area contributed by atoms with Gasteiger partial charge in [0.25, 0.3) is 0 Å². The van der Waals surface area contributed by atoms with Crippen molar-refractivity contribution in [2.24, 2.45) is 0 Å². The van der Waals surface area contributed by atoms with Crippen molar-refractivity contribution in [3.05, 3.63) is 11.9 Å². The molecule has 1 aromatic rings. The second-order valence-corrected chi connectivity index (χ2v) is 4.26. The van der Waals surface area contributed by atoms with E-state index in [4.69, 9.17) is 4.74 Å². The summed E-state index contributed by atoms with van der Waals surface area (Å²) < 4.78 is 5.18. The molecule has 1 rings (SSSR count). The van der Waals surface area contributed by atoms with E-state index < -0.39 is 0 Å². The number of methoxy groups -OCH3 is 1. The molecule has 5 nitrogen and oxygen atoms in total. The summed E-state index contributed by atoms with van der Waals surface area (Å²) in [6.45, 7) is 4.94. The molecule has 0 radical (unpaired) electrons. The second kappa shape index (κ2) is 7.87. The lowest BCUT2D eigenvalue weighted by molar-refractivity contribution is 0.184. The highest BCUT2D eigenvalue weighted by Gasteiger charge is 2.09. The Bertz CT molecular complexity index is 357. The normalized spacial score (nSPS) is 12.2. The third-order valence-electron chi connectivity index (χ3n) is 2.71. The first kappa shape index (κ1) is 14.7. The summed E-state index contributed by atoms with van der Waals surface area (Å²) in [5.41, 5.74) is 0. The van der Waals surface area contributed by atoms with Crippen molar-refractivity contribution in [1.82, 2.24) is 9.97 Å². The number of rotatable bonds is 8. The average Bonchev–Trinajstić information content (AvgIpc) is 2.38. The van der Waals surface area contributed by atoms with Gasteiger partial charge in [-0.25, -0.2) is 9.97 Å². The van der Waals surface area contributed by atoms with Crippen LogP contribution in [-0.2, 0) is 11.2 Å². The molecule has 5 heteroatoms. The quantitative estimate of drug-likeness (QED) is 0.743. The second-order valence-electron chi connectivity index (χ2n) is 4.26. The minimum absolute atomic E-state index is 0.282. The van der Waals surface area contributed by atoms with Crippen LogP contribution < -0.4 is 10.6 Å². The zero-order chi connectivity index (χ0) is 13.4. The molecule has 102 valence electrons. The monoisotopic (exact) mass is 252 g/mol. The van der Waals surface area contributed by atoms with Gasteiger partial charge in [0.05, 0.1) is 12.6 Å². The Labute approximate surface area is 109 Å². The highest BCUT2D eigenvalue weighted by molar-refractivity contribution is 5.47. The first-order valence-corrected chi connectivity index (χ1v) is 6.54. The fourth-order valence-electron chi connectivity index (χ4n) is 1.71. The van der Waals surface area contributed by atoms with Crippen molar-refractivity contribution in [2.45, 2.75) is 39.2 Å². The minimum atomic E-state index is 0.282. The molecule has 1 atom stereocenters. The van der Waals surface area contributed by atoms with E-state index in [0.29, 0.717) is 6.61 Å². The smallest absolute Gasteiger partial charge is 0.133 e. The zero-order valence-electron chi connectivity index (χ0n) is 11.8. The van der Waals surface area contributed by atoms with Gasteiger partial charge in [-0.15, -0.1) is 0 Å². The Morgan fingerprint density at radius 2 is 2.00 bits per heavy atom. The molecule has 0 aliphatic carbocycles. The van der Waals surface area contributed by atoms with Crippen molar-refractivity contribution in [1.29, 1.82) is 0 Å². The first-order valence-electron chi connectivity index (χ1n) is 6.54. The number of aromatic nitrogens is 2. The Kier molecular flexibility index (Phi) is 6.43. The Morgan fingerprint density at radius 1 is 1.28 bits per heavy atom. The van der Waals surface area contributed by atoms with Crippen LogP contribution in [0.15, 0.2) is 6.07 Å². The molecule has 18 heavy (non-hydrogen) atoms. The van der Waals surface area contributed by atoms with Crippen LogP contribution in [0.2, 0.25) is 0 Å². The number of ether oxygens (including phenoxy) is 1. The molecule has 1 heterocycles. The van der Waals surface area contributed by atoms with Crippen LogP contribution in [0.5, 0.6) is 0 Å². The van der Waals surface area contributed by atoms with Crippen LogP contribution >= 0.6 is 0 Å². The van der Waals surface area contributed by atoms with E-state index >= 15 is 0 Å². The summed E-state index contributed by atoms with van der Waals surface area (Å²) in [7, 11) is 3.58. The van der Waals surface area contributed by atoms with E-state index in [-0.39, 0.29) is 6.04 Å². The number of nitrogens with zero attached hydrogens (tertiary/aromatic N) is 2. The Balaban J connectivity index is 2.82. The molecule has 0 amide bonds. The van der Waals surface area contributed by atoms with Crippen molar-refractivity contribution in [3.63, 3.8) is 0 Å². The van der Waals surface area contributed by atoms with Crippen LogP contribution in [0, 0.1) is 0 Å². The van der Waals surface area contributed by atoms with Gasteiger partial charge in [-0.05, 0) is 12.8 Å². The van der Waals surface area contributed by atoms with Crippen molar-refractivity contribution in [2.75, 3.05) is 31.4 Å². The molecule has 0 aliphatic rings. The van der Waals surface area contributed by atoms with E-state index in [0.717, 1.165) is 36.7 Å². The number of nitrogens with one attached hydrogen (secondary N) is 2. The van der Waals surface area contributed by atoms with Crippen LogP contribution in [0.25, 0.3) is 0 Å². The molecule has 0 spiro atoms. The maximum atomic E-state index is 5.18. The fraction of sp³-hybridized carbons (Fsp3) is 0.692. The standard InChI is InChI=1S/C13H24N4O/c1-5-7-11-16-12(14-3)8-13(17-11)15-10(6-2)9-18-4/h8,10H,5-7,9H2,1-4H3,(H2,14,15,16,17). The maximum absolute atomic E-state index is 5.18. The van der Waals surface area contributed by atoms with Gasteiger partial charge >= 0.3 is 0 Å². The molecule has 1 aromatic heterocycles. The van der Waals surface area contributed by atoms with Crippen LogP contribution in [0.1, 0.15) is 32.5 Å². The molecular formula is C13H24N4O. The van der Waals surface area contributed by atoms with E-state index in [1.807, 2.05) is 13.1 Å². The SMILES string of the molecule is CCCc1nc(NC)cc(NC(CC)COC)n1. The molecule has 1 unspecified atom stereocenters. The molecular weight excluding hydrogens is 228 g/mol. The number of aryl methyl sites for hydroxylation is 1. The summed E-state index contributed by atoms with van der Waals surface area (Å²) >= 11 is 0. The third-order valence-corrected chi connectivity index (χ3v) is 2.71. The number of hydrogen-bond donors (Lipinski definition) is 2. The molecule has 0 aromatic carbocycles. The highest BCUT2D eigenvalue weighted by Crippen LogP contribution is 2.13. The van der Waals surface area contributed by atoms with Gasteiger partial charge in [0, 0.05) is 26.6 Å². The maximum Gasteiger partial charge on any atom is 0.133 e. The molecule has 0 saturated heterocycles. The molecule has 0 aliphatic heterocycles. The highest BCUT2D eigenvalue weighted by atomic mass is 16.5. The summed E-state index contributed by atoms with van der Waals surface area (Å²) in [5, 5.41) is 6.45. The minimum Gasteiger partial charge on any atom is -0.383 e. The van der Waals surface area contributed by atoms with Gasteiger partial charge in [0.15, 0.2) is 0 Å². The van der Waals surface area contributed by atoms with Gasteiger partial charge in [-0.2, -0.15) is 0 Å². The van der Waals surface area contributed by atoms with Gasteiger partial charge < -0.3 is 15.4 Å². The Hall–Kier alpha value is -1.36. The lowest BCUT2D eigenvalue weighted by Gasteiger charge is -2.17. The fourth-order valence-corrected chi connectivity index (χ4v) is 1.71. The summed E-state index contributed by atoms with van der Waals surface area (Å²) in [5.74, 6) is 2.59. The summed E-state index contributed by atoms with van der Waals surface area (Å²) in [4.78, 5) is 8.95. The van der Waals surface area contributed by atoms with Crippen LogP contribution in [0.3, 0.4) is 0 Å². The van der Waals surface area contributed by atoms with E-state index in [1.54, 1.807) is 7.11 Å². The van der Waals surface area contributed by atoms with Gasteiger partial charge in [0.2, 0.25) is 0 Å². The summed E-state index contributed by atoms with van der Waals surface area (Å²) in [6.07, 6.45) is 2.93. The first-order chi connectivity index (χ1) is 8.73. The lowest BCUT2D eigenvalue weighted by Crippen LogP contribution is -2.24. The average molecular weight is 252 g/mol. The van der Waals surface area contributed by atoms with Gasteiger partial charge in [-0.1, -0.05) is 13.8 Å². The van der Waals surface area contributed by atoms with Crippen molar-refractivity contribution < 1.29 is 4.74 Å². The van der Waals surface area contributed by atoms with E-state index in [9.17, 15) is 0 Å². The Morgan fingerprint density at radius 3 is 2.56 bits per heavy atom. The van der Waals surface area contributed by atoms with Crippen molar-refractivity contribution >= 4 is 11.6 Å². The van der Waals surface area contributed by atoms with Gasteiger partial charge in [0.1, 0.15) is 17.5 Å². The van der Waals surface area contributed by atoms with Crippen molar-refractivity contribution in [3.8, 4) is 0 Å². The van der Waals surface area contributed by atoms with E-state index in [1.165, 1.54) is 0 Å². The zero-order valence-corrected chi connectivity index (χ0v) is 11.8. The molecule has 0 saturated carbocycles. The molecule has 2 N–H and O–H groups in total. The third kappa shape index (κ3) is 4.49. The van der Waals surface area contributed by atoms with Crippen LogP contribution in [0.4, 0.5) is 11.6 Å². The molecule has 0 fully saturated rings. The summed E-state index contributed by atoms with van der Waals surface area (Å²) in [6, 6.07) is 2.21. The lowest BCUT2D eigenvalue weighted by atomic mass is 10.2. The van der Waals surface area contributed by atoms with Gasteiger partial charge in [-0.3, -0.25) is 0 Å². The topological polar surface area (TPSA) is 59.1 Å². The van der Waals surface area contributed by atoms with Crippen LogP contribution in [-0.4, -0.2) is 36.8 Å². The molecule has 0 bridgehead atoms. The predicted molar refractivity (Wildman–Crippen MR) is 75.2 cm³/mol. The largest absolute Gasteiger partial charge is 0.383 e. The number of anilines is 2. The van der Waals surface area contributed by atoms with E-state index in [2.05, 4.69) is 34.4 Å². The predicted octanol–water partition coefficient (Wildman–Crippen LogP) is 2.31.